The van der Waals surface area contributed by atoms with Crippen molar-refractivity contribution in [2.75, 3.05) is 5.32 Å². The molecule has 0 saturated carbocycles. The van der Waals surface area contributed by atoms with E-state index in [2.05, 4.69) is 35.4 Å². The topological polar surface area (TPSA) is 81.6 Å². The fraction of sp³-hybridized carbons (Fsp3) is 0.350. The third kappa shape index (κ3) is 2.45. The van der Waals surface area contributed by atoms with Gasteiger partial charge in [-0.3, -0.25) is 9.89 Å². The number of hydrogen-bond donors (Lipinski definition) is 2. The van der Waals surface area contributed by atoms with E-state index in [9.17, 15) is 4.79 Å². The van der Waals surface area contributed by atoms with Crippen LogP contribution in [0, 0.1) is 23.7 Å². The summed E-state index contributed by atoms with van der Waals surface area (Å²) in [6.45, 7) is 6.23. The number of anilines is 1. The molecule has 1 atom stereocenters. The lowest BCUT2D eigenvalue weighted by Crippen LogP contribution is -2.33. The van der Waals surface area contributed by atoms with Gasteiger partial charge in [-0.1, -0.05) is 26.0 Å². The number of aromatic nitrogens is 2. The predicted octanol–water partition coefficient (Wildman–Crippen LogP) is 3.79. The third-order valence-corrected chi connectivity index (χ3v) is 5.13. The third-order valence-electron chi connectivity index (χ3n) is 5.13. The highest BCUT2D eigenvalue weighted by Gasteiger charge is 2.42. The van der Waals surface area contributed by atoms with E-state index in [1.165, 1.54) is 0 Å². The van der Waals surface area contributed by atoms with Crippen LogP contribution in [0.1, 0.15) is 55.0 Å². The average Bonchev–Trinajstić information content (AvgIpc) is 2.93. The zero-order valence-corrected chi connectivity index (χ0v) is 14.6. The first-order valence-corrected chi connectivity index (χ1v) is 8.48. The van der Waals surface area contributed by atoms with Gasteiger partial charge in [0.1, 0.15) is 0 Å². The predicted molar refractivity (Wildman–Crippen MR) is 95.0 cm³/mol. The maximum absolute atomic E-state index is 13.0. The molecule has 0 fully saturated rings. The molecule has 2 aromatic rings. The Morgan fingerprint density at radius 1 is 1.24 bits per heavy atom. The Labute approximate surface area is 146 Å². The lowest BCUT2D eigenvalue weighted by atomic mass is 9.69. The summed E-state index contributed by atoms with van der Waals surface area (Å²) in [7, 11) is 0. The highest BCUT2D eigenvalue weighted by Crippen LogP contribution is 2.49. The van der Waals surface area contributed by atoms with Gasteiger partial charge in [-0.05, 0) is 36.5 Å². The molecular formula is C20H20N4O. The second-order valence-corrected chi connectivity index (χ2v) is 7.74. The van der Waals surface area contributed by atoms with Gasteiger partial charge >= 0.3 is 0 Å². The van der Waals surface area contributed by atoms with Crippen LogP contribution in [0.15, 0.2) is 35.5 Å². The number of allylic oxidation sites excluding steroid dienone is 2. The molecular weight excluding hydrogens is 312 g/mol. The number of rotatable bonds is 1. The SMILES string of the molecule is Cc1[nH]nc2c1C(c1ccc(C#N)cc1)C1=C(CC(C)(C)CC1=O)N2. The summed E-state index contributed by atoms with van der Waals surface area (Å²) in [4.78, 5) is 13.0. The minimum atomic E-state index is -0.138. The summed E-state index contributed by atoms with van der Waals surface area (Å²) in [6.07, 6.45) is 1.37. The van der Waals surface area contributed by atoms with Crippen molar-refractivity contribution in [3.63, 3.8) is 0 Å². The average molecular weight is 332 g/mol. The summed E-state index contributed by atoms with van der Waals surface area (Å²) in [5.74, 6) is 0.858. The van der Waals surface area contributed by atoms with Gasteiger partial charge in [-0.15, -0.1) is 0 Å². The molecule has 2 N–H and O–H groups in total. The lowest BCUT2D eigenvalue weighted by Gasteiger charge is -2.38. The first-order valence-electron chi connectivity index (χ1n) is 8.48. The van der Waals surface area contributed by atoms with Gasteiger partial charge in [0, 0.05) is 34.9 Å². The zero-order chi connectivity index (χ0) is 17.8. The molecule has 0 amide bonds. The summed E-state index contributed by atoms with van der Waals surface area (Å²) in [5.41, 5.74) is 5.40. The number of nitriles is 1. The van der Waals surface area contributed by atoms with Crippen LogP contribution in [-0.4, -0.2) is 16.0 Å². The lowest BCUT2D eigenvalue weighted by molar-refractivity contribution is -0.118. The van der Waals surface area contributed by atoms with E-state index >= 15 is 0 Å². The number of fused-ring (bicyclic) bond motifs is 1. The normalized spacial score (nSPS) is 21.2. The number of Topliss-reactive ketones (excluding diaryl/α,β-unsaturated/α-hetero) is 1. The Balaban J connectivity index is 1.91. The molecule has 25 heavy (non-hydrogen) atoms. The second-order valence-electron chi connectivity index (χ2n) is 7.74. The van der Waals surface area contributed by atoms with Crippen molar-refractivity contribution in [1.82, 2.24) is 10.2 Å². The largest absolute Gasteiger partial charge is 0.342 e. The Morgan fingerprint density at radius 3 is 2.64 bits per heavy atom. The van der Waals surface area contributed by atoms with Crippen LogP contribution in [0.3, 0.4) is 0 Å². The Bertz CT molecular complexity index is 941. The number of H-pyrrole nitrogens is 1. The van der Waals surface area contributed by atoms with Crippen LogP contribution in [-0.2, 0) is 4.79 Å². The highest BCUT2D eigenvalue weighted by atomic mass is 16.1. The van der Waals surface area contributed by atoms with Gasteiger partial charge in [0.2, 0.25) is 0 Å². The van der Waals surface area contributed by atoms with E-state index in [1.54, 1.807) is 0 Å². The molecule has 0 saturated heterocycles. The highest BCUT2D eigenvalue weighted by molar-refractivity contribution is 6.01. The number of benzene rings is 1. The molecule has 0 bridgehead atoms. The Morgan fingerprint density at radius 2 is 1.96 bits per heavy atom. The monoisotopic (exact) mass is 332 g/mol. The van der Waals surface area contributed by atoms with Crippen LogP contribution in [0.4, 0.5) is 5.82 Å². The summed E-state index contributed by atoms with van der Waals surface area (Å²) >= 11 is 0. The number of aryl methyl sites for hydroxylation is 1. The quantitative estimate of drug-likeness (QED) is 0.832. The number of aromatic amines is 1. The van der Waals surface area contributed by atoms with Crippen molar-refractivity contribution in [1.29, 1.82) is 5.26 Å². The van der Waals surface area contributed by atoms with Crippen LogP contribution < -0.4 is 5.32 Å². The van der Waals surface area contributed by atoms with Crippen molar-refractivity contribution in [2.45, 2.75) is 39.5 Å². The minimum absolute atomic E-state index is 0.0546. The molecule has 4 rings (SSSR count). The number of carbonyl (C=O) groups excluding carboxylic acids is 1. The number of nitrogens with zero attached hydrogens (tertiary/aromatic N) is 2. The van der Waals surface area contributed by atoms with Crippen molar-refractivity contribution < 1.29 is 4.79 Å². The van der Waals surface area contributed by atoms with Gasteiger partial charge < -0.3 is 5.32 Å². The molecule has 0 spiro atoms. The van der Waals surface area contributed by atoms with Crippen LogP contribution >= 0.6 is 0 Å². The van der Waals surface area contributed by atoms with Crippen LogP contribution in [0.2, 0.25) is 0 Å². The molecule has 5 heteroatoms. The van der Waals surface area contributed by atoms with E-state index < -0.39 is 0 Å². The summed E-state index contributed by atoms with van der Waals surface area (Å²) in [5, 5.41) is 19.9. The molecule has 2 heterocycles. The number of ketones is 1. The Kier molecular flexibility index (Phi) is 3.33. The molecule has 1 unspecified atom stereocenters. The van der Waals surface area contributed by atoms with Crippen LogP contribution in [0.25, 0.3) is 0 Å². The van der Waals surface area contributed by atoms with Crippen molar-refractivity contribution in [3.05, 3.63) is 57.9 Å². The van der Waals surface area contributed by atoms with Gasteiger partial charge in [-0.2, -0.15) is 10.4 Å². The van der Waals surface area contributed by atoms with E-state index in [1.807, 2.05) is 31.2 Å². The molecule has 5 nitrogen and oxygen atoms in total. The standard InChI is InChI=1S/C20H20N4O/c1-11-16-17(13-6-4-12(10-21)5-7-13)18-14(22-19(16)24-23-11)8-20(2,3)9-15(18)25/h4-7,17H,8-9H2,1-3H3,(H2,22,23,24). The molecule has 1 aromatic heterocycles. The fourth-order valence-corrected chi connectivity index (χ4v) is 4.04. The zero-order valence-electron chi connectivity index (χ0n) is 14.6. The minimum Gasteiger partial charge on any atom is -0.342 e. The maximum atomic E-state index is 13.0. The van der Waals surface area contributed by atoms with E-state index in [0.717, 1.165) is 40.3 Å². The first kappa shape index (κ1) is 15.6. The molecule has 2 aliphatic rings. The van der Waals surface area contributed by atoms with Crippen molar-refractivity contribution in [3.8, 4) is 6.07 Å². The molecule has 1 aromatic carbocycles. The van der Waals surface area contributed by atoms with E-state index in [4.69, 9.17) is 5.26 Å². The van der Waals surface area contributed by atoms with E-state index in [-0.39, 0.29) is 17.1 Å². The second kappa shape index (κ2) is 5.32. The van der Waals surface area contributed by atoms with E-state index in [0.29, 0.717) is 12.0 Å². The number of hydrogen-bond acceptors (Lipinski definition) is 4. The van der Waals surface area contributed by atoms with Crippen LogP contribution in [0.5, 0.6) is 0 Å². The van der Waals surface area contributed by atoms with Gasteiger partial charge in [0.15, 0.2) is 11.6 Å². The molecule has 0 radical (unpaired) electrons. The summed E-state index contributed by atoms with van der Waals surface area (Å²) in [6, 6.07) is 9.66. The molecule has 1 aliphatic heterocycles. The van der Waals surface area contributed by atoms with Gasteiger partial charge in [-0.25, -0.2) is 0 Å². The maximum Gasteiger partial charge on any atom is 0.162 e. The molecule has 1 aliphatic carbocycles. The first-order chi connectivity index (χ1) is 11.9. The van der Waals surface area contributed by atoms with Crippen molar-refractivity contribution >= 4 is 11.6 Å². The smallest absolute Gasteiger partial charge is 0.162 e. The summed E-state index contributed by atoms with van der Waals surface area (Å²) < 4.78 is 0. The molecule has 126 valence electrons. The van der Waals surface area contributed by atoms with Crippen molar-refractivity contribution in [2.24, 2.45) is 5.41 Å². The number of carbonyl (C=O) groups is 1. The van der Waals surface area contributed by atoms with Gasteiger partial charge in [0.25, 0.3) is 0 Å². The number of nitrogens with one attached hydrogen (secondary N) is 2. The van der Waals surface area contributed by atoms with Gasteiger partial charge in [0.05, 0.1) is 11.6 Å². The Hall–Kier alpha value is -2.87. The fourth-order valence-electron chi connectivity index (χ4n) is 4.04.